The Hall–Kier alpha value is -0.240. The summed E-state index contributed by atoms with van der Waals surface area (Å²) < 4.78 is 0. The molecular weight excluding hydrogens is 265 g/mol. The van der Waals surface area contributed by atoms with E-state index in [2.05, 4.69) is 26.1 Å². The summed E-state index contributed by atoms with van der Waals surface area (Å²) in [5.74, 6) is 0.692. The van der Waals surface area contributed by atoms with Gasteiger partial charge in [0.1, 0.15) is 0 Å². The van der Waals surface area contributed by atoms with Crippen molar-refractivity contribution in [3.8, 4) is 0 Å². The average Bonchev–Trinajstić information content (AvgIpc) is 2.31. The van der Waals surface area contributed by atoms with Crippen LogP contribution in [0.4, 0.5) is 0 Å². The van der Waals surface area contributed by atoms with E-state index in [0.717, 1.165) is 35.0 Å². The maximum Gasteiger partial charge on any atom is 0.0468 e. The third-order valence-corrected chi connectivity index (χ3v) is 3.68. The summed E-state index contributed by atoms with van der Waals surface area (Å²) in [5.41, 5.74) is 1.05. The highest BCUT2D eigenvalue weighted by Crippen LogP contribution is 2.33. The predicted octanol–water partition coefficient (Wildman–Crippen LogP) is 5.47. The fourth-order valence-corrected chi connectivity index (χ4v) is 2.67. The molecule has 0 aromatic heterocycles. The molecule has 3 heteroatoms. The Balaban J connectivity index is 2.86. The molecule has 0 bridgehead atoms. The third-order valence-electron chi connectivity index (χ3n) is 3.02. The van der Waals surface area contributed by atoms with Gasteiger partial charge in [-0.3, -0.25) is 0 Å². The topological polar surface area (TPSA) is 12.0 Å². The van der Waals surface area contributed by atoms with Gasteiger partial charge in [0, 0.05) is 21.7 Å². The molecule has 18 heavy (non-hydrogen) atoms. The molecule has 102 valence electrons. The SMILES string of the molecule is CCCNC(CCC(C)C)c1c(Cl)cccc1Cl. The van der Waals surface area contributed by atoms with E-state index in [4.69, 9.17) is 23.2 Å². The van der Waals surface area contributed by atoms with Crippen LogP contribution in [-0.4, -0.2) is 6.54 Å². The van der Waals surface area contributed by atoms with Crippen molar-refractivity contribution in [3.63, 3.8) is 0 Å². The molecule has 0 saturated carbocycles. The Labute approximate surface area is 121 Å². The first-order valence-corrected chi connectivity index (χ1v) is 7.49. The lowest BCUT2D eigenvalue weighted by Crippen LogP contribution is -2.23. The van der Waals surface area contributed by atoms with E-state index in [1.807, 2.05) is 18.2 Å². The first kappa shape index (κ1) is 15.8. The molecule has 0 amide bonds. The minimum absolute atomic E-state index is 0.258. The van der Waals surface area contributed by atoms with Crippen molar-refractivity contribution in [1.29, 1.82) is 0 Å². The quantitative estimate of drug-likeness (QED) is 0.701. The molecule has 1 nitrogen and oxygen atoms in total. The fourth-order valence-electron chi connectivity index (χ4n) is 2.01. The molecule has 0 radical (unpaired) electrons. The first-order valence-electron chi connectivity index (χ1n) is 6.73. The van der Waals surface area contributed by atoms with Crippen molar-refractivity contribution in [2.24, 2.45) is 5.92 Å². The number of rotatable bonds is 7. The van der Waals surface area contributed by atoms with Crippen molar-refractivity contribution in [1.82, 2.24) is 5.32 Å². The predicted molar refractivity (Wildman–Crippen MR) is 81.6 cm³/mol. The van der Waals surface area contributed by atoms with E-state index in [-0.39, 0.29) is 6.04 Å². The molecule has 0 heterocycles. The van der Waals surface area contributed by atoms with Gasteiger partial charge in [-0.15, -0.1) is 0 Å². The molecule has 1 rings (SSSR count). The minimum Gasteiger partial charge on any atom is -0.310 e. The molecule has 0 spiro atoms. The normalized spacial score (nSPS) is 13.0. The average molecular weight is 288 g/mol. The first-order chi connectivity index (χ1) is 8.56. The summed E-state index contributed by atoms with van der Waals surface area (Å²) in [5, 5.41) is 5.08. The van der Waals surface area contributed by atoms with Crippen LogP contribution in [0.25, 0.3) is 0 Å². The molecular formula is C15H23Cl2N. The molecule has 0 aliphatic rings. The Morgan fingerprint density at radius 1 is 1.11 bits per heavy atom. The van der Waals surface area contributed by atoms with Crippen LogP contribution >= 0.6 is 23.2 Å². The lowest BCUT2D eigenvalue weighted by molar-refractivity contribution is 0.441. The maximum atomic E-state index is 6.29. The van der Waals surface area contributed by atoms with Gasteiger partial charge in [-0.05, 0) is 43.9 Å². The fraction of sp³-hybridized carbons (Fsp3) is 0.600. The van der Waals surface area contributed by atoms with Gasteiger partial charge in [0.05, 0.1) is 0 Å². The van der Waals surface area contributed by atoms with E-state index in [1.54, 1.807) is 0 Å². The number of nitrogens with one attached hydrogen (secondary N) is 1. The molecule has 1 aromatic rings. The van der Waals surface area contributed by atoms with Crippen LogP contribution in [0.3, 0.4) is 0 Å². The molecule has 1 N–H and O–H groups in total. The molecule has 0 saturated heterocycles. The van der Waals surface area contributed by atoms with Crippen LogP contribution in [0.1, 0.15) is 51.6 Å². The number of benzene rings is 1. The molecule has 1 aromatic carbocycles. The van der Waals surface area contributed by atoms with Gasteiger partial charge < -0.3 is 5.32 Å². The summed E-state index contributed by atoms with van der Waals surface area (Å²) in [6.45, 7) is 7.64. The van der Waals surface area contributed by atoms with Crippen molar-refractivity contribution in [2.45, 2.75) is 46.1 Å². The maximum absolute atomic E-state index is 6.29. The molecule has 1 atom stereocenters. The third kappa shape index (κ3) is 4.79. The standard InChI is InChI=1S/C15H23Cl2N/c1-4-10-18-14(9-8-11(2)3)15-12(16)6-5-7-13(15)17/h5-7,11,14,18H,4,8-10H2,1-3H3. The molecule has 0 aliphatic carbocycles. The highest BCUT2D eigenvalue weighted by Gasteiger charge is 2.17. The van der Waals surface area contributed by atoms with Gasteiger partial charge in [0.2, 0.25) is 0 Å². The second-order valence-corrected chi connectivity index (χ2v) is 5.93. The van der Waals surface area contributed by atoms with Gasteiger partial charge in [-0.2, -0.15) is 0 Å². The van der Waals surface area contributed by atoms with Gasteiger partial charge >= 0.3 is 0 Å². The van der Waals surface area contributed by atoms with E-state index >= 15 is 0 Å². The summed E-state index contributed by atoms with van der Waals surface area (Å²) >= 11 is 12.6. The largest absolute Gasteiger partial charge is 0.310 e. The smallest absolute Gasteiger partial charge is 0.0468 e. The van der Waals surface area contributed by atoms with Gasteiger partial charge in [0.15, 0.2) is 0 Å². The molecule has 0 aliphatic heterocycles. The zero-order valence-electron chi connectivity index (χ0n) is 11.5. The number of halogens is 2. The van der Waals surface area contributed by atoms with Crippen molar-refractivity contribution in [2.75, 3.05) is 6.54 Å². The Morgan fingerprint density at radius 3 is 2.22 bits per heavy atom. The highest BCUT2D eigenvalue weighted by molar-refractivity contribution is 6.36. The summed E-state index contributed by atoms with van der Waals surface area (Å²) in [7, 11) is 0. The summed E-state index contributed by atoms with van der Waals surface area (Å²) in [6.07, 6.45) is 3.35. The zero-order chi connectivity index (χ0) is 13.5. The Morgan fingerprint density at radius 2 is 1.72 bits per heavy atom. The number of hydrogen-bond donors (Lipinski definition) is 1. The lowest BCUT2D eigenvalue weighted by atomic mass is 9.97. The molecule has 0 fully saturated rings. The van der Waals surface area contributed by atoms with E-state index in [0.29, 0.717) is 5.92 Å². The van der Waals surface area contributed by atoms with E-state index < -0.39 is 0 Å². The summed E-state index contributed by atoms with van der Waals surface area (Å²) in [6, 6.07) is 5.99. The lowest BCUT2D eigenvalue weighted by Gasteiger charge is -2.22. The van der Waals surface area contributed by atoms with Crippen LogP contribution in [0, 0.1) is 5.92 Å². The van der Waals surface area contributed by atoms with E-state index in [1.165, 1.54) is 6.42 Å². The van der Waals surface area contributed by atoms with Gasteiger partial charge in [-0.25, -0.2) is 0 Å². The van der Waals surface area contributed by atoms with Crippen LogP contribution in [-0.2, 0) is 0 Å². The highest BCUT2D eigenvalue weighted by atomic mass is 35.5. The minimum atomic E-state index is 0.258. The van der Waals surface area contributed by atoms with Gasteiger partial charge in [0.25, 0.3) is 0 Å². The van der Waals surface area contributed by atoms with Gasteiger partial charge in [-0.1, -0.05) is 50.0 Å². The van der Waals surface area contributed by atoms with Crippen molar-refractivity contribution >= 4 is 23.2 Å². The Kier molecular flexibility index (Phi) is 7.06. The van der Waals surface area contributed by atoms with Crippen LogP contribution in [0.2, 0.25) is 10.0 Å². The monoisotopic (exact) mass is 287 g/mol. The van der Waals surface area contributed by atoms with Crippen LogP contribution in [0.5, 0.6) is 0 Å². The zero-order valence-corrected chi connectivity index (χ0v) is 13.0. The Bertz CT molecular complexity index is 343. The van der Waals surface area contributed by atoms with Crippen LogP contribution < -0.4 is 5.32 Å². The second kappa shape index (κ2) is 8.04. The number of hydrogen-bond acceptors (Lipinski definition) is 1. The van der Waals surface area contributed by atoms with E-state index in [9.17, 15) is 0 Å². The van der Waals surface area contributed by atoms with Crippen molar-refractivity contribution in [3.05, 3.63) is 33.8 Å². The van der Waals surface area contributed by atoms with Crippen LogP contribution in [0.15, 0.2) is 18.2 Å². The molecule has 1 unspecified atom stereocenters. The summed E-state index contributed by atoms with van der Waals surface area (Å²) in [4.78, 5) is 0. The van der Waals surface area contributed by atoms with Crippen molar-refractivity contribution < 1.29 is 0 Å². The second-order valence-electron chi connectivity index (χ2n) is 5.11.